The number of aliphatic carboxylic acids is 1. The van der Waals surface area contributed by atoms with Crippen molar-refractivity contribution < 1.29 is 29.0 Å². The Morgan fingerprint density at radius 1 is 0.403 bits per heavy atom. The van der Waals surface area contributed by atoms with Crippen molar-refractivity contribution in [3.05, 3.63) is 0 Å². The van der Waals surface area contributed by atoms with Crippen LogP contribution in [0.4, 0.5) is 0 Å². The highest BCUT2D eigenvalue weighted by atomic mass is 16.5. The summed E-state index contributed by atoms with van der Waals surface area (Å²) < 4.78 is 12.1. The number of hydrogen-bond donors (Lipinski definition) is 1. The van der Waals surface area contributed by atoms with Crippen molar-refractivity contribution in [3.63, 3.8) is 0 Å². The smallest absolute Gasteiger partial charge is 0.305 e. The van der Waals surface area contributed by atoms with E-state index in [9.17, 15) is 19.5 Å². The lowest BCUT2D eigenvalue weighted by atomic mass is 9.37. The Morgan fingerprint density at radius 3 is 0.955 bits per heavy atom. The second kappa shape index (κ2) is 36.3. The van der Waals surface area contributed by atoms with Gasteiger partial charge in [0.2, 0.25) is 0 Å². The van der Waals surface area contributed by atoms with Gasteiger partial charge in [0.15, 0.2) is 0 Å². The molecule has 6 heteroatoms. The van der Waals surface area contributed by atoms with Gasteiger partial charge < -0.3 is 14.6 Å². The number of hydrogen-bond acceptors (Lipinski definition) is 5. The van der Waals surface area contributed by atoms with Crippen molar-refractivity contribution >= 4 is 17.9 Å². The lowest BCUT2D eigenvalue weighted by Gasteiger charge is -2.67. The van der Waals surface area contributed by atoms with Crippen LogP contribution in [0.5, 0.6) is 0 Å². The third-order valence-electron chi connectivity index (χ3n) is 17.4. The molecule has 2 atom stereocenters. The van der Waals surface area contributed by atoms with Gasteiger partial charge in [0.1, 0.15) is 0 Å². The molecule has 4 rings (SSSR count). The summed E-state index contributed by atoms with van der Waals surface area (Å²) in [7, 11) is 0. The Labute approximate surface area is 415 Å². The van der Waals surface area contributed by atoms with E-state index in [0.29, 0.717) is 43.8 Å². The molecule has 4 aliphatic carbocycles. The van der Waals surface area contributed by atoms with Gasteiger partial charge in [-0.3, -0.25) is 14.4 Å². The quantitative estimate of drug-likeness (QED) is 0.0483. The number of rotatable bonds is 47. The van der Waals surface area contributed by atoms with Crippen molar-refractivity contribution in [3.8, 4) is 0 Å². The molecule has 1 N–H and O–H groups in total. The molecule has 0 aromatic heterocycles. The van der Waals surface area contributed by atoms with Gasteiger partial charge in [0.05, 0.1) is 13.2 Å². The Bertz CT molecular complexity index is 1150. The fraction of sp³-hybridized carbons (Fsp3) is 0.951. The van der Waals surface area contributed by atoms with Gasteiger partial charge in [-0.05, 0) is 105 Å². The standard InChI is InChI=1S/C61H112O6/c1-5-9-13-17-21-25-29-33-53(34-30-26-22-18-14-10-6-2)40-45-66-57(64)38-43-60-48-55-47-59(50-60,42-37-56(62)63)51-61(49-55,52-60)44-39-58(65)67-46-41-54(35-31-27-23-19-15-11-7-3)36-32-28-24-20-16-12-8-4/h53-55H,5-52H2,1-4H3,(H,62,63). The van der Waals surface area contributed by atoms with Gasteiger partial charge in [-0.1, -0.05) is 233 Å². The number of ether oxygens (including phenoxy) is 2. The van der Waals surface area contributed by atoms with Crippen molar-refractivity contribution in [2.75, 3.05) is 13.2 Å². The van der Waals surface area contributed by atoms with Gasteiger partial charge in [0, 0.05) is 19.3 Å². The Balaban J connectivity index is 1.51. The average Bonchev–Trinajstić information content (AvgIpc) is 3.30. The van der Waals surface area contributed by atoms with Crippen LogP contribution < -0.4 is 0 Å². The molecule has 0 aliphatic heterocycles. The summed E-state index contributed by atoms with van der Waals surface area (Å²) in [5.41, 5.74) is 0.0811. The maximum absolute atomic E-state index is 13.5. The molecular formula is C61H112O6. The molecule has 0 aromatic carbocycles. The minimum atomic E-state index is -0.708. The van der Waals surface area contributed by atoms with E-state index >= 15 is 0 Å². The van der Waals surface area contributed by atoms with Crippen LogP contribution in [0.3, 0.4) is 0 Å². The lowest BCUT2D eigenvalue weighted by molar-refractivity contribution is -0.176. The van der Waals surface area contributed by atoms with Gasteiger partial charge in [-0.25, -0.2) is 0 Å². The second-order valence-electron chi connectivity index (χ2n) is 23.8. The normalized spacial score (nSPS) is 22.0. The van der Waals surface area contributed by atoms with Crippen LogP contribution in [0.2, 0.25) is 0 Å². The Hall–Kier alpha value is -1.59. The molecule has 0 radical (unpaired) electrons. The minimum Gasteiger partial charge on any atom is -0.481 e. The molecule has 4 fully saturated rings. The highest BCUT2D eigenvalue weighted by molar-refractivity contribution is 5.70. The first-order valence-electron chi connectivity index (χ1n) is 30.1. The summed E-state index contributed by atoms with van der Waals surface area (Å²) in [6, 6.07) is 0. The van der Waals surface area contributed by atoms with Crippen molar-refractivity contribution in [1.29, 1.82) is 0 Å². The largest absolute Gasteiger partial charge is 0.481 e. The van der Waals surface area contributed by atoms with Gasteiger partial charge in [-0.15, -0.1) is 0 Å². The molecule has 0 amide bonds. The predicted octanol–water partition coefficient (Wildman–Crippen LogP) is 19.0. The molecule has 4 saturated carbocycles. The third kappa shape index (κ3) is 26.4. The number of carbonyl (C=O) groups is 3. The molecule has 4 aliphatic rings. The van der Waals surface area contributed by atoms with E-state index in [0.717, 1.165) is 70.6 Å². The molecular weight excluding hydrogens is 829 g/mol. The molecule has 0 saturated heterocycles. The molecule has 6 nitrogen and oxygen atoms in total. The zero-order chi connectivity index (χ0) is 48.3. The molecule has 0 aromatic rings. The Morgan fingerprint density at radius 2 is 0.672 bits per heavy atom. The monoisotopic (exact) mass is 941 g/mol. The van der Waals surface area contributed by atoms with E-state index in [1.54, 1.807) is 0 Å². The number of carbonyl (C=O) groups excluding carboxylic acids is 2. The fourth-order valence-electron chi connectivity index (χ4n) is 14.3. The third-order valence-corrected chi connectivity index (χ3v) is 17.4. The van der Waals surface area contributed by atoms with Gasteiger partial charge in [-0.2, -0.15) is 0 Å². The summed E-state index contributed by atoms with van der Waals surface area (Å²) in [6.45, 7) is 10.2. The highest BCUT2D eigenvalue weighted by Crippen LogP contribution is 2.73. The minimum absolute atomic E-state index is 0.00403. The van der Waals surface area contributed by atoms with Crippen LogP contribution in [-0.2, 0) is 23.9 Å². The van der Waals surface area contributed by atoms with E-state index < -0.39 is 5.97 Å². The summed E-state index contributed by atoms with van der Waals surface area (Å²) >= 11 is 0. The predicted molar refractivity (Wildman–Crippen MR) is 282 cm³/mol. The number of carboxylic acid groups (broad SMARTS) is 1. The fourth-order valence-corrected chi connectivity index (χ4v) is 14.3. The zero-order valence-corrected chi connectivity index (χ0v) is 45.2. The first-order chi connectivity index (χ1) is 32.6. The molecule has 0 spiro atoms. The van der Waals surface area contributed by atoms with Crippen molar-refractivity contribution in [1.82, 2.24) is 0 Å². The topological polar surface area (TPSA) is 89.9 Å². The average molecular weight is 942 g/mol. The molecule has 392 valence electrons. The zero-order valence-electron chi connectivity index (χ0n) is 45.2. The molecule has 0 heterocycles. The van der Waals surface area contributed by atoms with Gasteiger partial charge >= 0.3 is 17.9 Å². The molecule has 4 bridgehead atoms. The molecule has 67 heavy (non-hydrogen) atoms. The second-order valence-corrected chi connectivity index (χ2v) is 23.8. The summed E-state index contributed by atoms with van der Waals surface area (Å²) in [6.07, 6.45) is 54.5. The van der Waals surface area contributed by atoms with Crippen LogP contribution in [0.25, 0.3) is 0 Å². The van der Waals surface area contributed by atoms with E-state index in [1.807, 2.05) is 0 Å². The summed E-state index contributed by atoms with van der Waals surface area (Å²) in [4.78, 5) is 39.0. The highest BCUT2D eigenvalue weighted by Gasteiger charge is 2.62. The van der Waals surface area contributed by atoms with Crippen LogP contribution in [0.1, 0.15) is 323 Å². The van der Waals surface area contributed by atoms with Gasteiger partial charge in [0.25, 0.3) is 0 Å². The first-order valence-corrected chi connectivity index (χ1v) is 30.1. The number of carboxylic acids is 1. The lowest BCUT2D eigenvalue weighted by Crippen LogP contribution is -2.57. The first kappa shape index (κ1) is 59.7. The number of unbranched alkanes of at least 4 members (excludes halogenated alkanes) is 24. The summed E-state index contributed by atoms with van der Waals surface area (Å²) in [5.74, 6) is 1.05. The van der Waals surface area contributed by atoms with E-state index in [4.69, 9.17) is 9.47 Å². The van der Waals surface area contributed by atoms with Crippen molar-refractivity contribution in [2.45, 2.75) is 323 Å². The van der Waals surface area contributed by atoms with Crippen molar-refractivity contribution in [2.24, 2.45) is 34.0 Å². The van der Waals surface area contributed by atoms with Crippen LogP contribution in [0.15, 0.2) is 0 Å². The van der Waals surface area contributed by atoms with Crippen LogP contribution in [-0.4, -0.2) is 36.2 Å². The van der Waals surface area contributed by atoms with Crippen LogP contribution in [0, 0.1) is 34.0 Å². The van der Waals surface area contributed by atoms with E-state index in [-0.39, 0.29) is 34.6 Å². The Kier molecular flexibility index (Phi) is 32.4. The number of esters is 2. The van der Waals surface area contributed by atoms with Crippen LogP contribution >= 0.6 is 0 Å². The van der Waals surface area contributed by atoms with E-state index in [2.05, 4.69) is 27.7 Å². The summed E-state index contributed by atoms with van der Waals surface area (Å²) in [5, 5.41) is 9.82. The molecule has 2 unspecified atom stereocenters. The van der Waals surface area contributed by atoms with E-state index in [1.165, 1.54) is 205 Å². The maximum atomic E-state index is 13.5. The SMILES string of the molecule is CCCCCCCCCC(CCCCCCCCC)CCOC(=O)CCC12CC3CC(CCC(=O)O)(C1)CC(CCC(=O)OCCC(CCCCCCCCC)CCCCCCCCC)(C3)C2. The maximum Gasteiger partial charge on any atom is 0.305 e.